The van der Waals surface area contributed by atoms with E-state index in [4.69, 9.17) is 5.11 Å². The summed E-state index contributed by atoms with van der Waals surface area (Å²) in [5.41, 5.74) is 1.09. The minimum Gasteiger partial charge on any atom is -0.480 e. The Morgan fingerprint density at radius 1 is 1.19 bits per heavy atom. The van der Waals surface area contributed by atoms with Gasteiger partial charge in [-0.05, 0) is 44.4 Å². The molecule has 1 amide bonds. The number of hydrogen-bond acceptors (Lipinski definition) is 3. The molecule has 5 nitrogen and oxygen atoms in total. The predicted octanol–water partition coefficient (Wildman–Crippen LogP) is 2.05. The number of carbonyl (C=O) groups is 2. The van der Waals surface area contributed by atoms with Gasteiger partial charge < -0.3 is 15.3 Å². The van der Waals surface area contributed by atoms with E-state index in [1.165, 1.54) is 19.4 Å². The van der Waals surface area contributed by atoms with Crippen LogP contribution in [-0.4, -0.2) is 36.6 Å². The molecule has 1 aromatic carbocycles. The van der Waals surface area contributed by atoms with Crippen LogP contribution in [0.1, 0.15) is 32.3 Å². The van der Waals surface area contributed by atoms with Gasteiger partial charge in [-0.15, -0.1) is 0 Å². The minimum absolute atomic E-state index is 0.229. The highest BCUT2D eigenvalue weighted by atomic mass is 16.4. The van der Waals surface area contributed by atoms with Crippen LogP contribution in [0.15, 0.2) is 24.3 Å². The quantitative estimate of drug-likeness (QED) is 0.807. The summed E-state index contributed by atoms with van der Waals surface area (Å²) in [7, 11) is 3.98. The van der Waals surface area contributed by atoms with E-state index in [0.29, 0.717) is 12.8 Å². The van der Waals surface area contributed by atoms with E-state index in [2.05, 4.69) is 17.4 Å². The number of nitrogens with one attached hydrogen (secondary N) is 1. The second-order valence-corrected chi connectivity index (χ2v) is 5.89. The maximum Gasteiger partial charge on any atom is 0.328 e. The lowest BCUT2D eigenvalue weighted by Crippen LogP contribution is -2.49. The van der Waals surface area contributed by atoms with Crippen molar-refractivity contribution in [1.82, 2.24) is 5.32 Å². The smallest absolute Gasteiger partial charge is 0.328 e. The minimum atomic E-state index is -1.22. The van der Waals surface area contributed by atoms with Crippen molar-refractivity contribution in [3.05, 3.63) is 29.8 Å². The van der Waals surface area contributed by atoms with Gasteiger partial charge in [0.05, 0.1) is 0 Å². The molecule has 0 atom stereocenters. The normalized spacial score (nSPS) is 11.0. The maximum atomic E-state index is 11.7. The molecule has 21 heavy (non-hydrogen) atoms. The molecule has 1 rings (SSSR count). The van der Waals surface area contributed by atoms with Crippen molar-refractivity contribution >= 4 is 17.6 Å². The molecule has 0 radical (unpaired) electrons. The Kier molecular flexibility index (Phi) is 5.76. The number of hydrogen-bond donors (Lipinski definition) is 2. The zero-order chi connectivity index (χ0) is 16.0. The van der Waals surface area contributed by atoms with E-state index in [1.54, 1.807) is 0 Å². The van der Waals surface area contributed by atoms with Crippen molar-refractivity contribution < 1.29 is 14.7 Å². The van der Waals surface area contributed by atoms with Gasteiger partial charge in [0.25, 0.3) is 0 Å². The third-order valence-electron chi connectivity index (χ3n) is 3.31. The van der Waals surface area contributed by atoms with Crippen LogP contribution in [0.25, 0.3) is 0 Å². The van der Waals surface area contributed by atoms with Crippen molar-refractivity contribution in [2.24, 2.45) is 0 Å². The van der Waals surface area contributed by atoms with E-state index < -0.39 is 11.5 Å². The highest BCUT2D eigenvalue weighted by Crippen LogP contribution is 2.14. The Hall–Kier alpha value is -2.04. The summed E-state index contributed by atoms with van der Waals surface area (Å²) in [4.78, 5) is 24.7. The Balaban J connectivity index is 2.40. The molecule has 5 heteroatoms. The number of amides is 1. The number of anilines is 1. The highest BCUT2D eigenvalue weighted by molar-refractivity contribution is 5.86. The highest BCUT2D eigenvalue weighted by Gasteiger charge is 2.28. The maximum absolute atomic E-state index is 11.7. The second kappa shape index (κ2) is 7.11. The Morgan fingerprint density at radius 3 is 2.24 bits per heavy atom. The van der Waals surface area contributed by atoms with Crippen LogP contribution in [0.2, 0.25) is 0 Å². The molecule has 0 saturated carbocycles. The molecule has 0 heterocycles. The van der Waals surface area contributed by atoms with Gasteiger partial charge >= 0.3 is 5.97 Å². The number of aliphatic carboxylic acids is 1. The summed E-state index contributed by atoms with van der Waals surface area (Å²) in [6.07, 6.45) is 1.82. The van der Waals surface area contributed by atoms with Gasteiger partial charge in [-0.25, -0.2) is 4.79 Å². The first kappa shape index (κ1) is 17.0. The molecule has 2 N–H and O–H groups in total. The van der Waals surface area contributed by atoms with Gasteiger partial charge in [0.2, 0.25) is 5.91 Å². The van der Waals surface area contributed by atoms with Crippen LogP contribution in [0, 0.1) is 0 Å². The predicted molar refractivity (Wildman–Crippen MR) is 83.6 cm³/mol. The fourth-order valence-electron chi connectivity index (χ4n) is 1.88. The summed E-state index contributed by atoms with van der Waals surface area (Å²) in [5, 5.41) is 11.5. The number of rotatable bonds is 7. The van der Waals surface area contributed by atoms with Gasteiger partial charge in [0, 0.05) is 26.2 Å². The van der Waals surface area contributed by atoms with Crippen molar-refractivity contribution in [3.8, 4) is 0 Å². The molecule has 0 aromatic heterocycles. The fraction of sp³-hybridized carbons (Fsp3) is 0.500. The molecule has 0 spiro atoms. The monoisotopic (exact) mass is 292 g/mol. The number of carboxylic acid groups (broad SMARTS) is 1. The molecule has 116 valence electrons. The lowest BCUT2D eigenvalue weighted by Gasteiger charge is -2.20. The van der Waals surface area contributed by atoms with Crippen molar-refractivity contribution in [3.63, 3.8) is 0 Å². The average molecular weight is 292 g/mol. The second-order valence-electron chi connectivity index (χ2n) is 5.89. The number of carboxylic acids is 1. The Labute approximate surface area is 126 Å². The van der Waals surface area contributed by atoms with Crippen LogP contribution in [0.4, 0.5) is 5.69 Å². The summed E-state index contributed by atoms with van der Waals surface area (Å²) >= 11 is 0. The summed E-state index contributed by atoms with van der Waals surface area (Å²) in [6, 6.07) is 8.19. The van der Waals surface area contributed by atoms with Gasteiger partial charge in [0.15, 0.2) is 0 Å². The first-order valence-corrected chi connectivity index (χ1v) is 7.03. The standard InChI is InChI=1S/C16H24N2O3/c1-16(2,15(20)21)17-14(19)7-5-6-12-8-10-13(11-9-12)18(3)4/h8-11H,5-7H2,1-4H3,(H,17,19)(H,20,21). The summed E-state index contributed by atoms with van der Waals surface area (Å²) < 4.78 is 0. The largest absolute Gasteiger partial charge is 0.480 e. The van der Waals surface area contributed by atoms with Gasteiger partial charge in [0.1, 0.15) is 5.54 Å². The van der Waals surface area contributed by atoms with Crippen LogP contribution < -0.4 is 10.2 Å². The number of nitrogens with zero attached hydrogens (tertiary/aromatic N) is 1. The lowest BCUT2D eigenvalue weighted by molar-refractivity contribution is -0.146. The molecule has 0 aliphatic rings. The molecular weight excluding hydrogens is 268 g/mol. The topological polar surface area (TPSA) is 69.6 Å². The van der Waals surface area contributed by atoms with E-state index in [9.17, 15) is 9.59 Å². The zero-order valence-corrected chi connectivity index (χ0v) is 13.1. The van der Waals surface area contributed by atoms with Crippen LogP contribution in [0.3, 0.4) is 0 Å². The first-order chi connectivity index (χ1) is 9.72. The molecule has 0 aliphatic carbocycles. The molecular formula is C16H24N2O3. The molecule has 0 bridgehead atoms. The summed E-state index contributed by atoms with van der Waals surface area (Å²) in [5.74, 6) is -1.26. The number of carbonyl (C=O) groups excluding carboxylic acids is 1. The van der Waals surface area contributed by atoms with Gasteiger partial charge in [-0.2, -0.15) is 0 Å². The molecule has 1 aromatic rings. The first-order valence-electron chi connectivity index (χ1n) is 7.03. The number of aryl methyl sites for hydroxylation is 1. The SMILES string of the molecule is CN(C)c1ccc(CCCC(=O)NC(C)(C)C(=O)O)cc1. The van der Waals surface area contributed by atoms with E-state index in [1.807, 2.05) is 31.1 Å². The Bertz CT molecular complexity index is 493. The van der Waals surface area contributed by atoms with E-state index in [-0.39, 0.29) is 5.91 Å². The summed E-state index contributed by atoms with van der Waals surface area (Å²) in [6.45, 7) is 2.96. The zero-order valence-electron chi connectivity index (χ0n) is 13.1. The van der Waals surface area contributed by atoms with Crippen molar-refractivity contribution in [2.75, 3.05) is 19.0 Å². The van der Waals surface area contributed by atoms with E-state index in [0.717, 1.165) is 12.1 Å². The van der Waals surface area contributed by atoms with E-state index >= 15 is 0 Å². The molecule has 0 saturated heterocycles. The molecule has 0 unspecified atom stereocenters. The van der Waals surface area contributed by atoms with Crippen LogP contribution in [0.5, 0.6) is 0 Å². The molecule has 0 aliphatic heterocycles. The fourth-order valence-corrected chi connectivity index (χ4v) is 1.88. The third kappa shape index (κ3) is 5.45. The van der Waals surface area contributed by atoms with Gasteiger partial charge in [-0.3, -0.25) is 4.79 Å². The third-order valence-corrected chi connectivity index (χ3v) is 3.31. The van der Waals surface area contributed by atoms with Crippen LogP contribution >= 0.6 is 0 Å². The molecule has 0 fully saturated rings. The number of benzene rings is 1. The Morgan fingerprint density at radius 2 is 1.76 bits per heavy atom. The average Bonchev–Trinajstić information content (AvgIpc) is 2.38. The van der Waals surface area contributed by atoms with Crippen molar-refractivity contribution in [2.45, 2.75) is 38.6 Å². The van der Waals surface area contributed by atoms with Gasteiger partial charge in [-0.1, -0.05) is 12.1 Å². The lowest BCUT2D eigenvalue weighted by atomic mass is 10.0. The van der Waals surface area contributed by atoms with Crippen molar-refractivity contribution in [1.29, 1.82) is 0 Å². The van der Waals surface area contributed by atoms with Crippen LogP contribution in [-0.2, 0) is 16.0 Å².